The number of hydrogen-bond donors (Lipinski definition) is 4. The Morgan fingerprint density at radius 1 is 1.11 bits per heavy atom. The molecule has 0 aliphatic carbocycles. The van der Waals surface area contributed by atoms with Crippen LogP contribution in [0.25, 0.3) is 0 Å². The number of nitrogens with zero attached hydrogens (tertiary/aromatic N) is 5. The zero-order chi connectivity index (χ0) is 34.1. The van der Waals surface area contributed by atoms with Crippen molar-refractivity contribution < 1.29 is 33.5 Å². The normalized spacial score (nSPS) is 19.7. The zero-order valence-corrected chi connectivity index (χ0v) is 27.6. The molecule has 0 radical (unpaired) electrons. The lowest BCUT2D eigenvalue weighted by atomic mass is 10.0. The van der Waals surface area contributed by atoms with Crippen molar-refractivity contribution >= 4 is 35.2 Å². The molecule has 2 aliphatic heterocycles. The monoisotopic (exact) mass is 672 g/mol. The molecule has 0 fully saturated rings. The first kappa shape index (κ1) is 35.4. The molecule has 16 heteroatoms. The van der Waals surface area contributed by atoms with E-state index in [1.54, 1.807) is 23.9 Å². The highest BCUT2D eigenvalue weighted by Crippen LogP contribution is 2.26. The van der Waals surface area contributed by atoms with Crippen LogP contribution >= 0.6 is 11.6 Å². The third-order valence-corrected chi connectivity index (χ3v) is 7.70. The van der Waals surface area contributed by atoms with E-state index in [0.29, 0.717) is 43.1 Å². The van der Waals surface area contributed by atoms with Gasteiger partial charge in [0.1, 0.15) is 17.8 Å². The zero-order valence-electron chi connectivity index (χ0n) is 26.9. The SMILES string of the molecule is Cc1cc(C(=O)N2CCNC(=O)[C@@H](CC(C)C)NC(=O)[C@H]([C@@H](C)O)NC(=O)c3ccc(c(Cl)c3)OCCCn3cc(nn3)CC2)on1. The summed E-state index contributed by atoms with van der Waals surface area (Å²) in [5.41, 5.74) is 1.37. The topological polar surface area (TPSA) is 194 Å². The average molecular weight is 673 g/mol. The van der Waals surface area contributed by atoms with E-state index in [4.69, 9.17) is 20.9 Å². The van der Waals surface area contributed by atoms with Crippen LogP contribution in [0.1, 0.15) is 65.9 Å². The first-order valence-corrected chi connectivity index (χ1v) is 15.9. The molecule has 5 rings (SSSR count). The van der Waals surface area contributed by atoms with Crippen LogP contribution in [-0.2, 0) is 22.6 Å². The average Bonchev–Trinajstić information content (AvgIpc) is 3.67. The van der Waals surface area contributed by atoms with E-state index in [0.717, 1.165) is 0 Å². The summed E-state index contributed by atoms with van der Waals surface area (Å²) >= 11 is 6.39. The fourth-order valence-electron chi connectivity index (χ4n) is 4.95. The molecule has 0 saturated carbocycles. The summed E-state index contributed by atoms with van der Waals surface area (Å²) in [7, 11) is 0. The molecule has 47 heavy (non-hydrogen) atoms. The third kappa shape index (κ3) is 9.99. The minimum Gasteiger partial charge on any atom is -0.492 e. The van der Waals surface area contributed by atoms with Gasteiger partial charge in [-0.05, 0) is 44.4 Å². The third-order valence-electron chi connectivity index (χ3n) is 7.41. The quantitative estimate of drug-likeness (QED) is 0.295. The second kappa shape index (κ2) is 16.4. The molecule has 2 aliphatic rings. The second-order valence-electron chi connectivity index (χ2n) is 11.9. The number of fused-ring (bicyclic) bond motifs is 17. The van der Waals surface area contributed by atoms with Crippen LogP contribution in [0.5, 0.6) is 5.75 Å². The maximum Gasteiger partial charge on any atom is 0.292 e. The largest absolute Gasteiger partial charge is 0.492 e. The van der Waals surface area contributed by atoms with Gasteiger partial charge in [0.15, 0.2) is 0 Å². The van der Waals surface area contributed by atoms with E-state index in [2.05, 4.69) is 31.4 Å². The standard InChI is InChI=1S/C31H41ClN8O7/c1-18(2)14-24-29(43)33-9-12-39(31(45)26-15-19(3)37-47-26)11-8-22-17-40(38-36-22)10-5-13-46-25-7-6-21(16-23(25)32)28(42)35-27(20(4)41)30(44)34-24/h6-7,15-18,20,24,27,41H,5,8-14H2,1-4H3,(H,33,43)(H,34,44)(H,35,42)/t20-,24-,27+/m1/s1. The van der Waals surface area contributed by atoms with Gasteiger partial charge in [-0.2, -0.15) is 0 Å². The number of benzene rings is 1. The Labute approximate surface area is 277 Å². The molecule has 4 heterocycles. The minimum atomic E-state index is -1.36. The van der Waals surface area contributed by atoms with Crippen LogP contribution < -0.4 is 20.7 Å². The first-order valence-electron chi connectivity index (χ1n) is 15.5. The molecule has 0 saturated heterocycles. The number of aliphatic hydroxyl groups is 1. The predicted octanol–water partition coefficient (Wildman–Crippen LogP) is 1.52. The molecule has 4 N–H and O–H groups in total. The van der Waals surface area contributed by atoms with Crippen molar-refractivity contribution in [2.45, 2.75) is 71.7 Å². The maximum atomic E-state index is 13.3. The van der Waals surface area contributed by atoms with Gasteiger partial charge >= 0.3 is 0 Å². The van der Waals surface area contributed by atoms with Gasteiger partial charge in [0.25, 0.3) is 11.8 Å². The van der Waals surface area contributed by atoms with E-state index < -0.39 is 41.8 Å². The summed E-state index contributed by atoms with van der Waals surface area (Å²) in [6.07, 6.45) is 1.77. The van der Waals surface area contributed by atoms with Crippen LogP contribution in [-0.4, -0.2) is 98.2 Å². The maximum absolute atomic E-state index is 13.3. The number of rotatable bonds is 4. The van der Waals surface area contributed by atoms with Crippen molar-refractivity contribution in [3.8, 4) is 5.75 Å². The van der Waals surface area contributed by atoms with Crippen molar-refractivity contribution in [2.75, 3.05) is 26.2 Å². The molecule has 0 unspecified atom stereocenters. The Hall–Kier alpha value is -4.50. The molecular formula is C31H41ClN8O7. The lowest BCUT2D eigenvalue weighted by Crippen LogP contribution is -2.57. The van der Waals surface area contributed by atoms with Gasteiger partial charge in [-0.15, -0.1) is 5.10 Å². The summed E-state index contributed by atoms with van der Waals surface area (Å²) in [6, 6.07) is 3.67. The fourth-order valence-corrected chi connectivity index (χ4v) is 5.18. The number of nitrogens with one attached hydrogen (secondary N) is 3. The first-order chi connectivity index (χ1) is 22.4. The highest BCUT2D eigenvalue weighted by Gasteiger charge is 2.31. The molecule has 4 amide bonds. The minimum absolute atomic E-state index is 0.0153. The molecule has 3 aromatic rings. The fraction of sp³-hybridized carbons (Fsp3) is 0.516. The molecule has 4 bridgehead atoms. The van der Waals surface area contributed by atoms with Crippen molar-refractivity contribution in [1.29, 1.82) is 0 Å². The predicted molar refractivity (Wildman–Crippen MR) is 170 cm³/mol. The van der Waals surface area contributed by atoms with Gasteiger partial charge in [0.05, 0.1) is 29.1 Å². The summed E-state index contributed by atoms with van der Waals surface area (Å²) in [5.74, 6) is -1.81. The van der Waals surface area contributed by atoms with Crippen LogP contribution in [0.3, 0.4) is 0 Å². The number of halogens is 1. The lowest BCUT2D eigenvalue weighted by Gasteiger charge is -2.26. The summed E-state index contributed by atoms with van der Waals surface area (Å²) < 4.78 is 12.7. The van der Waals surface area contributed by atoms with E-state index in [1.807, 2.05) is 13.8 Å². The molecule has 254 valence electrons. The Kier molecular flexibility index (Phi) is 12.3. The van der Waals surface area contributed by atoms with Crippen LogP contribution in [0.2, 0.25) is 5.02 Å². The van der Waals surface area contributed by atoms with Gasteiger partial charge in [-0.25, -0.2) is 0 Å². The lowest BCUT2D eigenvalue weighted by molar-refractivity contribution is -0.131. The van der Waals surface area contributed by atoms with Gasteiger partial charge < -0.3 is 35.2 Å². The Balaban J connectivity index is 1.57. The second-order valence-corrected chi connectivity index (χ2v) is 12.3. The molecule has 15 nitrogen and oxygen atoms in total. The van der Waals surface area contributed by atoms with E-state index >= 15 is 0 Å². The van der Waals surface area contributed by atoms with Crippen molar-refractivity contribution in [3.05, 3.63) is 58.2 Å². The number of carbonyl (C=O) groups is 4. The highest BCUT2D eigenvalue weighted by molar-refractivity contribution is 6.32. The molecule has 1 aromatic carbocycles. The number of hydrogen-bond acceptors (Lipinski definition) is 10. The summed E-state index contributed by atoms with van der Waals surface area (Å²) in [6.45, 7) is 8.15. The Bertz CT molecular complexity index is 1560. The Morgan fingerprint density at radius 3 is 2.57 bits per heavy atom. The van der Waals surface area contributed by atoms with Crippen molar-refractivity contribution in [1.82, 2.24) is 41.0 Å². The van der Waals surface area contributed by atoms with Crippen LogP contribution in [0.15, 0.2) is 35.0 Å². The van der Waals surface area contributed by atoms with Crippen LogP contribution in [0, 0.1) is 12.8 Å². The van der Waals surface area contributed by atoms with Gasteiger partial charge in [0, 0.05) is 56.8 Å². The van der Waals surface area contributed by atoms with E-state index in [1.165, 1.54) is 30.0 Å². The van der Waals surface area contributed by atoms with Gasteiger partial charge in [-0.1, -0.05) is 35.8 Å². The number of aryl methyl sites for hydroxylation is 2. The molecular weight excluding hydrogens is 632 g/mol. The number of ether oxygens (including phenoxy) is 1. The van der Waals surface area contributed by atoms with Gasteiger partial charge in [0.2, 0.25) is 17.6 Å². The smallest absolute Gasteiger partial charge is 0.292 e. The number of aliphatic hydroxyl groups excluding tert-OH is 1. The number of amides is 4. The molecule has 3 atom stereocenters. The molecule has 2 aromatic heterocycles. The van der Waals surface area contributed by atoms with E-state index in [-0.39, 0.29) is 48.3 Å². The van der Waals surface area contributed by atoms with E-state index in [9.17, 15) is 24.3 Å². The number of aromatic nitrogens is 4. The molecule has 0 spiro atoms. The summed E-state index contributed by atoms with van der Waals surface area (Å²) in [4.78, 5) is 54.6. The van der Waals surface area contributed by atoms with Crippen LogP contribution in [0.4, 0.5) is 0 Å². The Morgan fingerprint density at radius 2 is 1.89 bits per heavy atom. The number of carbonyl (C=O) groups excluding carboxylic acids is 4. The highest BCUT2D eigenvalue weighted by atomic mass is 35.5. The van der Waals surface area contributed by atoms with Crippen molar-refractivity contribution in [3.63, 3.8) is 0 Å². The van der Waals surface area contributed by atoms with Crippen molar-refractivity contribution in [2.24, 2.45) is 5.92 Å². The summed E-state index contributed by atoms with van der Waals surface area (Å²) in [5, 5.41) is 30.8. The van der Waals surface area contributed by atoms with Gasteiger partial charge in [-0.3, -0.25) is 23.9 Å².